The highest BCUT2D eigenvalue weighted by Gasteiger charge is 2.50. The third-order valence-corrected chi connectivity index (χ3v) is 7.00. The summed E-state index contributed by atoms with van der Waals surface area (Å²) < 4.78 is 0. The van der Waals surface area contributed by atoms with Gasteiger partial charge in [0.15, 0.2) is 0 Å². The summed E-state index contributed by atoms with van der Waals surface area (Å²) in [6.45, 7) is 4.37. The van der Waals surface area contributed by atoms with E-state index in [0.29, 0.717) is 17.4 Å². The summed E-state index contributed by atoms with van der Waals surface area (Å²) in [5, 5.41) is 22.2. The van der Waals surface area contributed by atoms with Crippen molar-refractivity contribution in [2.75, 3.05) is 6.61 Å². The Morgan fingerprint density at radius 2 is 2.07 bits per heavy atom. The maximum absolute atomic E-state index is 12.3. The molecular weight excluding hydrogens is 374 g/mol. The van der Waals surface area contributed by atoms with Crippen molar-refractivity contribution in [2.24, 2.45) is 29.6 Å². The van der Waals surface area contributed by atoms with Crippen LogP contribution < -0.4 is 5.32 Å². The second-order valence-electron chi connectivity index (χ2n) is 8.62. The van der Waals surface area contributed by atoms with Gasteiger partial charge in [-0.2, -0.15) is 5.26 Å². The Bertz CT molecular complexity index is 992. The van der Waals surface area contributed by atoms with Crippen molar-refractivity contribution in [3.63, 3.8) is 0 Å². The lowest BCUT2D eigenvalue weighted by Crippen LogP contribution is -2.43. The van der Waals surface area contributed by atoms with E-state index in [1.54, 1.807) is 12.3 Å². The van der Waals surface area contributed by atoms with Gasteiger partial charge in [0.1, 0.15) is 0 Å². The number of amides is 1. The number of nitriles is 1. The maximum Gasteiger partial charge on any atom is 0.226 e. The predicted octanol–water partition coefficient (Wildman–Crippen LogP) is 3.65. The second kappa shape index (κ2) is 8.41. The van der Waals surface area contributed by atoms with Gasteiger partial charge < -0.3 is 10.4 Å². The van der Waals surface area contributed by atoms with Gasteiger partial charge in [0.05, 0.1) is 29.9 Å². The lowest BCUT2D eigenvalue weighted by Gasteiger charge is -2.42. The van der Waals surface area contributed by atoms with Crippen molar-refractivity contribution in [2.45, 2.75) is 26.3 Å². The van der Waals surface area contributed by atoms with Crippen molar-refractivity contribution in [1.29, 1.82) is 5.26 Å². The molecule has 0 unspecified atom stereocenters. The Kier molecular flexibility index (Phi) is 5.69. The van der Waals surface area contributed by atoms with Crippen LogP contribution in [0, 0.1) is 40.9 Å². The van der Waals surface area contributed by atoms with Gasteiger partial charge in [-0.1, -0.05) is 44.2 Å². The average molecular weight is 402 g/mol. The highest BCUT2D eigenvalue weighted by molar-refractivity contribution is 5.82. The molecule has 0 radical (unpaired) electrons. The van der Waals surface area contributed by atoms with Crippen LogP contribution >= 0.6 is 0 Å². The molecule has 0 bridgehead atoms. The Morgan fingerprint density at radius 3 is 2.77 bits per heavy atom. The monoisotopic (exact) mass is 401 g/mol. The van der Waals surface area contributed by atoms with E-state index in [0.717, 1.165) is 23.2 Å². The summed E-state index contributed by atoms with van der Waals surface area (Å²) in [4.78, 5) is 16.9. The quantitative estimate of drug-likeness (QED) is 0.819. The first-order chi connectivity index (χ1) is 14.5. The number of aliphatic hydroxyl groups excluding tert-OH is 1. The first kappa shape index (κ1) is 20.3. The molecule has 2 heterocycles. The molecule has 5 nitrogen and oxygen atoms in total. The third kappa shape index (κ3) is 3.64. The molecule has 5 heteroatoms. The number of nitrogens with one attached hydrogen (secondary N) is 1. The van der Waals surface area contributed by atoms with Crippen LogP contribution in [0.3, 0.4) is 0 Å². The molecule has 30 heavy (non-hydrogen) atoms. The van der Waals surface area contributed by atoms with E-state index in [1.165, 1.54) is 0 Å². The van der Waals surface area contributed by atoms with E-state index >= 15 is 0 Å². The SMILES string of the molecule is C[C@H]1[C@H](C=Cc2ccc(-c3ccccc3C#N)cn2)[C@H]2[C@@H](C[C@@H]1C)NC(=O)[C@@H]2CO. The van der Waals surface area contributed by atoms with Crippen LogP contribution in [0.15, 0.2) is 48.7 Å². The molecule has 1 amide bonds. The Balaban J connectivity index is 1.57. The molecular formula is C25H27N3O2. The molecule has 2 aromatic rings. The Hall–Kier alpha value is -2.97. The fourth-order valence-corrected chi connectivity index (χ4v) is 5.15. The van der Waals surface area contributed by atoms with Crippen LogP contribution in [0.5, 0.6) is 0 Å². The zero-order chi connectivity index (χ0) is 21.3. The van der Waals surface area contributed by atoms with Crippen LogP contribution in [0.25, 0.3) is 17.2 Å². The molecule has 2 aliphatic rings. The van der Waals surface area contributed by atoms with E-state index in [1.807, 2.05) is 36.4 Å². The number of hydrogen-bond donors (Lipinski definition) is 2. The third-order valence-electron chi connectivity index (χ3n) is 7.00. The second-order valence-corrected chi connectivity index (χ2v) is 8.62. The Labute approximate surface area is 177 Å². The smallest absolute Gasteiger partial charge is 0.226 e. The summed E-state index contributed by atoms with van der Waals surface area (Å²) in [6.07, 6.45) is 6.95. The summed E-state index contributed by atoms with van der Waals surface area (Å²) in [7, 11) is 0. The number of hydrogen-bond acceptors (Lipinski definition) is 4. The molecule has 2 fully saturated rings. The molecule has 1 aliphatic carbocycles. The molecule has 4 rings (SSSR count). The molecule has 154 valence electrons. The predicted molar refractivity (Wildman–Crippen MR) is 116 cm³/mol. The molecule has 1 aromatic carbocycles. The maximum atomic E-state index is 12.3. The van der Waals surface area contributed by atoms with E-state index in [9.17, 15) is 15.2 Å². The molecule has 1 saturated carbocycles. The standard InChI is InChI=1S/C25H27N3O2/c1-15-11-23-24(22(14-29)25(30)28-23)20(16(15)2)10-9-19-8-7-18(13-27-19)21-6-4-3-5-17(21)12-26/h3-10,13,15-16,20,22-24,29H,11,14H2,1-2H3,(H,28,30)/t15-,16+,20-,22+,23+,24+/m0/s1. The summed E-state index contributed by atoms with van der Waals surface area (Å²) in [6, 6.07) is 13.8. The number of allylic oxidation sites excluding steroid dienone is 1. The van der Waals surface area contributed by atoms with E-state index in [4.69, 9.17) is 0 Å². The van der Waals surface area contributed by atoms with Gasteiger partial charge in [-0.25, -0.2) is 0 Å². The minimum atomic E-state index is -0.336. The lowest BCUT2D eigenvalue weighted by atomic mass is 9.63. The highest BCUT2D eigenvalue weighted by Crippen LogP contribution is 2.45. The normalized spacial score (nSPS) is 30.7. The minimum Gasteiger partial charge on any atom is -0.396 e. The summed E-state index contributed by atoms with van der Waals surface area (Å²) in [5.41, 5.74) is 3.26. The number of carbonyl (C=O) groups is 1. The van der Waals surface area contributed by atoms with Crippen LogP contribution in [0.2, 0.25) is 0 Å². The van der Waals surface area contributed by atoms with Crippen LogP contribution in [-0.2, 0) is 4.79 Å². The molecule has 2 N–H and O–H groups in total. The van der Waals surface area contributed by atoms with E-state index < -0.39 is 0 Å². The fourth-order valence-electron chi connectivity index (χ4n) is 5.15. The number of fused-ring (bicyclic) bond motifs is 1. The van der Waals surface area contributed by atoms with Crippen molar-refractivity contribution in [3.05, 3.63) is 59.9 Å². The number of aromatic nitrogens is 1. The number of aliphatic hydroxyl groups is 1. The van der Waals surface area contributed by atoms with Gasteiger partial charge in [-0.3, -0.25) is 9.78 Å². The van der Waals surface area contributed by atoms with Gasteiger partial charge in [0.25, 0.3) is 0 Å². The van der Waals surface area contributed by atoms with Crippen LogP contribution in [0.1, 0.15) is 31.5 Å². The van der Waals surface area contributed by atoms with Gasteiger partial charge in [0, 0.05) is 23.4 Å². The minimum absolute atomic E-state index is 0.0224. The number of rotatable bonds is 4. The van der Waals surface area contributed by atoms with Crippen molar-refractivity contribution in [3.8, 4) is 17.2 Å². The number of benzene rings is 1. The van der Waals surface area contributed by atoms with E-state index in [2.05, 4.69) is 36.3 Å². The first-order valence-corrected chi connectivity index (χ1v) is 10.6. The Morgan fingerprint density at radius 1 is 1.27 bits per heavy atom. The number of pyridine rings is 1. The number of carbonyl (C=O) groups excluding carboxylic acids is 1. The largest absolute Gasteiger partial charge is 0.396 e. The van der Waals surface area contributed by atoms with Crippen LogP contribution in [0.4, 0.5) is 0 Å². The molecule has 0 spiro atoms. The fraction of sp³-hybridized carbons (Fsp3) is 0.400. The summed E-state index contributed by atoms with van der Waals surface area (Å²) in [5.74, 6) is 0.883. The van der Waals surface area contributed by atoms with Crippen molar-refractivity contribution in [1.82, 2.24) is 10.3 Å². The zero-order valence-corrected chi connectivity index (χ0v) is 17.3. The molecule has 6 atom stereocenters. The van der Waals surface area contributed by atoms with Crippen molar-refractivity contribution < 1.29 is 9.90 Å². The highest BCUT2D eigenvalue weighted by atomic mass is 16.3. The first-order valence-electron chi connectivity index (χ1n) is 10.6. The van der Waals surface area contributed by atoms with Gasteiger partial charge >= 0.3 is 0 Å². The zero-order valence-electron chi connectivity index (χ0n) is 17.3. The number of nitrogens with zero attached hydrogens (tertiary/aromatic N) is 2. The molecule has 1 saturated heterocycles. The average Bonchev–Trinajstić information content (AvgIpc) is 3.08. The van der Waals surface area contributed by atoms with Gasteiger partial charge in [0.2, 0.25) is 5.91 Å². The molecule has 1 aliphatic heterocycles. The van der Waals surface area contributed by atoms with Crippen molar-refractivity contribution >= 4 is 12.0 Å². The van der Waals surface area contributed by atoms with Gasteiger partial charge in [-0.15, -0.1) is 0 Å². The summed E-state index contributed by atoms with van der Waals surface area (Å²) >= 11 is 0. The topological polar surface area (TPSA) is 86.0 Å². The van der Waals surface area contributed by atoms with Crippen LogP contribution in [-0.4, -0.2) is 28.6 Å². The van der Waals surface area contributed by atoms with E-state index in [-0.39, 0.29) is 36.3 Å². The lowest BCUT2D eigenvalue weighted by molar-refractivity contribution is -0.124. The molecule has 1 aromatic heterocycles. The van der Waals surface area contributed by atoms with Gasteiger partial charge in [-0.05, 0) is 48.3 Å².